The summed E-state index contributed by atoms with van der Waals surface area (Å²) < 4.78 is 0. The largest absolute Gasteiger partial charge is 0.394 e. The Morgan fingerprint density at radius 1 is 1.18 bits per heavy atom. The third-order valence-electron chi connectivity index (χ3n) is 2.98. The van der Waals surface area contributed by atoms with Gasteiger partial charge in [-0.3, -0.25) is 14.5 Å². The summed E-state index contributed by atoms with van der Waals surface area (Å²) in [6.45, 7) is 1.04. The maximum atomic E-state index is 12.0. The molecular formula is C12H13NO4. The molecule has 0 saturated carbocycles. The fraction of sp³-hybridized carbons (Fsp3) is 0.333. The minimum absolute atomic E-state index is 0.342. The molecule has 1 aliphatic rings. The van der Waals surface area contributed by atoms with Gasteiger partial charge in [0.05, 0.1) is 29.9 Å². The Morgan fingerprint density at radius 3 is 2.06 bits per heavy atom. The summed E-state index contributed by atoms with van der Waals surface area (Å²) in [5.74, 6) is -0.851. The zero-order valence-corrected chi connectivity index (χ0v) is 9.33. The van der Waals surface area contributed by atoms with Crippen molar-refractivity contribution in [3.63, 3.8) is 0 Å². The van der Waals surface area contributed by atoms with Gasteiger partial charge < -0.3 is 10.2 Å². The van der Waals surface area contributed by atoms with E-state index in [-0.39, 0.29) is 0 Å². The van der Waals surface area contributed by atoms with Gasteiger partial charge in [0.15, 0.2) is 0 Å². The fourth-order valence-corrected chi connectivity index (χ4v) is 1.90. The van der Waals surface area contributed by atoms with Gasteiger partial charge in [-0.05, 0) is 19.1 Å². The van der Waals surface area contributed by atoms with Crippen LogP contribution in [0, 0.1) is 0 Å². The third kappa shape index (κ3) is 1.73. The summed E-state index contributed by atoms with van der Waals surface area (Å²) in [4.78, 5) is 25.0. The van der Waals surface area contributed by atoms with Crippen LogP contribution in [0.25, 0.3) is 0 Å². The highest BCUT2D eigenvalue weighted by Crippen LogP contribution is 2.25. The summed E-state index contributed by atoms with van der Waals surface area (Å²) >= 11 is 0. The summed E-state index contributed by atoms with van der Waals surface area (Å²) in [7, 11) is 0. The van der Waals surface area contributed by atoms with Crippen LogP contribution in [-0.4, -0.2) is 45.7 Å². The first-order chi connectivity index (χ1) is 8.07. The molecule has 5 nitrogen and oxygen atoms in total. The first-order valence-corrected chi connectivity index (χ1v) is 5.33. The second kappa shape index (κ2) is 4.27. The van der Waals surface area contributed by atoms with Crippen molar-refractivity contribution in [3.05, 3.63) is 35.4 Å². The Bertz CT molecular complexity index is 436. The van der Waals surface area contributed by atoms with Crippen LogP contribution in [0.15, 0.2) is 24.3 Å². The van der Waals surface area contributed by atoms with Crippen LogP contribution in [0.4, 0.5) is 0 Å². The van der Waals surface area contributed by atoms with Gasteiger partial charge in [0, 0.05) is 0 Å². The lowest BCUT2D eigenvalue weighted by atomic mass is 10.1. The predicted molar refractivity (Wildman–Crippen MR) is 59.5 cm³/mol. The highest BCUT2D eigenvalue weighted by molar-refractivity contribution is 6.21. The molecule has 0 aliphatic carbocycles. The van der Waals surface area contributed by atoms with Crippen LogP contribution in [0.1, 0.15) is 27.6 Å². The number of amides is 2. The molecule has 2 unspecified atom stereocenters. The molecule has 2 N–H and O–H groups in total. The minimum Gasteiger partial charge on any atom is -0.394 e. The second-order valence-electron chi connectivity index (χ2n) is 4.02. The molecule has 1 aromatic rings. The molecule has 0 fully saturated rings. The Labute approximate surface area is 98.3 Å². The molecule has 0 aromatic heterocycles. The SMILES string of the molecule is CC(C(O)CO)N1C(=O)c2ccccc2C1=O. The molecule has 2 amide bonds. The van der Waals surface area contributed by atoms with Crippen LogP contribution in [0.2, 0.25) is 0 Å². The molecular weight excluding hydrogens is 222 g/mol. The second-order valence-corrected chi connectivity index (χ2v) is 4.02. The van der Waals surface area contributed by atoms with Gasteiger partial charge in [-0.25, -0.2) is 0 Å². The maximum absolute atomic E-state index is 12.0. The Morgan fingerprint density at radius 2 is 1.65 bits per heavy atom. The molecule has 5 heteroatoms. The predicted octanol–water partition coefficient (Wildman–Crippen LogP) is 0.0243. The molecule has 1 heterocycles. The molecule has 1 aromatic carbocycles. The summed E-state index contributed by atoms with van der Waals surface area (Å²) in [5.41, 5.74) is 0.684. The number of benzene rings is 1. The van der Waals surface area contributed by atoms with E-state index in [1.54, 1.807) is 24.3 Å². The number of fused-ring (bicyclic) bond motifs is 1. The van der Waals surface area contributed by atoms with E-state index in [1.807, 2.05) is 0 Å². The fourth-order valence-electron chi connectivity index (χ4n) is 1.90. The number of carbonyl (C=O) groups is 2. The molecule has 2 atom stereocenters. The Balaban J connectivity index is 2.36. The van der Waals surface area contributed by atoms with E-state index in [9.17, 15) is 14.7 Å². The topological polar surface area (TPSA) is 77.8 Å². The quantitative estimate of drug-likeness (QED) is 0.724. The number of aliphatic hydroxyl groups is 2. The molecule has 0 radical (unpaired) electrons. The monoisotopic (exact) mass is 235 g/mol. The number of aliphatic hydroxyl groups excluding tert-OH is 2. The van der Waals surface area contributed by atoms with Crippen molar-refractivity contribution in [3.8, 4) is 0 Å². The van der Waals surface area contributed by atoms with Gasteiger partial charge in [0.2, 0.25) is 0 Å². The van der Waals surface area contributed by atoms with E-state index in [0.717, 1.165) is 4.90 Å². The number of nitrogens with zero attached hydrogens (tertiary/aromatic N) is 1. The molecule has 0 spiro atoms. The van der Waals surface area contributed by atoms with Crippen molar-refractivity contribution >= 4 is 11.8 Å². The first kappa shape index (κ1) is 11.8. The highest BCUT2D eigenvalue weighted by Gasteiger charge is 2.40. The standard InChI is InChI=1S/C12H13NO4/c1-7(10(15)6-14)13-11(16)8-4-2-3-5-9(8)12(13)17/h2-5,7,10,14-15H,6H2,1H3. The van der Waals surface area contributed by atoms with Gasteiger partial charge in [-0.2, -0.15) is 0 Å². The number of hydrogen-bond acceptors (Lipinski definition) is 4. The van der Waals surface area contributed by atoms with Crippen LogP contribution in [-0.2, 0) is 0 Å². The molecule has 0 saturated heterocycles. The van der Waals surface area contributed by atoms with Crippen LogP contribution < -0.4 is 0 Å². The van der Waals surface area contributed by atoms with E-state index < -0.39 is 30.6 Å². The van der Waals surface area contributed by atoms with Crippen molar-refractivity contribution in [1.82, 2.24) is 4.90 Å². The third-order valence-corrected chi connectivity index (χ3v) is 2.98. The summed E-state index contributed by atoms with van der Waals surface area (Å²) in [6.07, 6.45) is -1.13. The molecule has 90 valence electrons. The van der Waals surface area contributed by atoms with Gasteiger partial charge in [-0.15, -0.1) is 0 Å². The molecule has 17 heavy (non-hydrogen) atoms. The Hall–Kier alpha value is -1.72. The van der Waals surface area contributed by atoms with Gasteiger partial charge in [-0.1, -0.05) is 12.1 Å². The summed E-state index contributed by atoms with van der Waals surface area (Å²) in [5, 5.41) is 18.4. The normalized spacial score (nSPS) is 18.2. The molecule has 1 aliphatic heterocycles. The average Bonchev–Trinajstić information content (AvgIpc) is 2.61. The van der Waals surface area contributed by atoms with Gasteiger partial charge in [0.25, 0.3) is 11.8 Å². The van der Waals surface area contributed by atoms with Crippen LogP contribution in [0.3, 0.4) is 0 Å². The lowest BCUT2D eigenvalue weighted by Crippen LogP contribution is -2.46. The van der Waals surface area contributed by atoms with Crippen molar-refractivity contribution in [2.45, 2.75) is 19.1 Å². The molecule has 0 bridgehead atoms. The van der Waals surface area contributed by atoms with Crippen LogP contribution in [0.5, 0.6) is 0 Å². The van der Waals surface area contributed by atoms with E-state index >= 15 is 0 Å². The minimum atomic E-state index is -1.13. The smallest absolute Gasteiger partial charge is 0.261 e. The van der Waals surface area contributed by atoms with Crippen LogP contribution >= 0.6 is 0 Å². The lowest BCUT2D eigenvalue weighted by Gasteiger charge is -2.25. The average molecular weight is 235 g/mol. The van der Waals surface area contributed by atoms with Crippen molar-refractivity contribution < 1.29 is 19.8 Å². The van der Waals surface area contributed by atoms with E-state index in [1.165, 1.54) is 6.92 Å². The first-order valence-electron chi connectivity index (χ1n) is 5.33. The van der Waals surface area contributed by atoms with Gasteiger partial charge in [0.1, 0.15) is 0 Å². The van der Waals surface area contributed by atoms with E-state index in [0.29, 0.717) is 11.1 Å². The highest BCUT2D eigenvalue weighted by atomic mass is 16.3. The zero-order valence-electron chi connectivity index (χ0n) is 9.33. The lowest BCUT2D eigenvalue weighted by molar-refractivity contribution is 0.0195. The van der Waals surface area contributed by atoms with E-state index in [4.69, 9.17) is 5.11 Å². The van der Waals surface area contributed by atoms with Gasteiger partial charge >= 0.3 is 0 Å². The zero-order chi connectivity index (χ0) is 12.6. The number of rotatable bonds is 3. The Kier molecular flexibility index (Phi) is 2.95. The maximum Gasteiger partial charge on any atom is 0.261 e. The van der Waals surface area contributed by atoms with Crippen molar-refractivity contribution in [2.75, 3.05) is 6.61 Å². The van der Waals surface area contributed by atoms with Crippen molar-refractivity contribution in [2.24, 2.45) is 0 Å². The molecule has 2 rings (SSSR count). The number of imide groups is 1. The summed E-state index contributed by atoms with van der Waals surface area (Å²) in [6, 6.07) is 5.77. The van der Waals surface area contributed by atoms with E-state index in [2.05, 4.69) is 0 Å². The number of hydrogen-bond donors (Lipinski definition) is 2. The number of carbonyl (C=O) groups excluding carboxylic acids is 2. The van der Waals surface area contributed by atoms with Crippen molar-refractivity contribution in [1.29, 1.82) is 0 Å².